The summed E-state index contributed by atoms with van der Waals surface area (Å²) in [6.45, 7) is 11.8. The van der Waals surface area contributed by atoms with Crippen LogP contribution in [0, 0.1) is 0 Å². The van der Waals surface area contributed by atoms with E-state index in [9.17, 15) is 5.11 Å². The molecule has 2 N–H and O–H groups in total. The van der Waals surface area contributed by atoms with Crippen molar-refractivity contribution in [3.8, 4) is 5.88 Å². The molecule has 5 rings (SSSR count). The van der Waals surface area contributed by atoms with Gasteiger partial charge in [0, 0.05) is 50.9 Å². The van der Waals surface area contributed by atoms with Gasteiger partial charge in [-0.2, -0.15) is 4.98 Å². The Morgan fingerprint density at radius 1 is 0.889 bits per heavy atom. The van der Waals surface area contributed by atoms with Gasteiger partial charge in [0.05, 0.1) is 5.39 Å². The molecule has 4 aromatic rings. The van der Waals surface area contributed by atoms with Crippen LogP contribution in [0.4, 0.5) is 11.8 Å². The summed E-state index contributed by atoms with van der Waals surface area (Å²) in [7, 11) is 0. The monoisotopic (exact) mass is 484 g/mol. The summed E-state index contributed by atoms with van der Waals surface area (Å²) in [6, 6.07) is 21.3. The predicted molar refractivity (Wildman–Crippen MR) is 147 cm³/mol. The molecule has 1 saturated heterocycles. The fourth-order valence-electron chi connectivity index (χ4n) is 5.00. The van der Waals surface area contributed by atoms with Gasteiger partial charge >= 0.3 is 0 Å². The summed E-state index contributed by atoms with van der Waals surface area (Å²) in [5.41, 5.74) is 3.10. The van der Waals surface area contributed by atoms with E-state index in [2.05, 4.69) is 96.6 Å². The minimum absolute atomic E-state index is 0.116. The van der Waals surface area contributed by atoms with Gasteiger partial charge in [0.15, 0.2) is 0 Å². The lowest BCUT2D eigenvalue weighted by Gasteiger charge is -2.34. The van der Waals surface area contributed by atoms with Gasteiger partial charge in [-0.05, 0) is 31.5 Å². The van der Waals surface area contributed by atoms with Crippen LogP contribution < -0.4 is 10.2 Å². The van der Waals surface area contributed by atoms with E-state index in [0.717, 1.165) is 43.9 Å². The maximum Gasteiger partial charge on any atom is 0.228 e. The van der Waals surface area contributed by atoms with Crippen LogP contribution in [0.25, 0.3) is 10.9 Å². The Morgan fingerprint density at radius 2 is 1.50 bits per heavy atom. The zero-order valence-corrected chi connectivity index (χ0v) is 21.4. The second-order valence-corrected chi connectivity index (χ2v) is 9.76. The van der Waals surface area contributed by atoms with Crippen molar-refractivity contribution in [2.75, 3.05) is 49.5 Å². The molecule has 0 spiro atoms. The van der Waals surface area contributed by atoms with E-state index in [-0.39, 0.29) is 17.8 Å². The SMILES string of the molecule is CCN1CCN(c2nc(NCC(c3ccccc3)c3ccccc3)c3cn(C(C)C)c(O)c3n2)CC1. The van der Waals surface area contributed by atoms with E-state index < -0.39 is 0 Å². The topological polar surface area (TPSA) is 69.5 Å². The minimum Gasteiger partial charge on any atom is -0.493 e. The molecule has 0 aliphatic carbocycles. The molecule has 2 aromatic carbocycles. The van der Waals surface area contributed by atoms with Crippen LogP contribution in [0.3, 0.4) is 0 Å². The van der Waals surface area contributed by atoms with Crippen molar-refractivity contribution in [3.05, 3.63) is 78.0 Å². The first kappa shape index (κ1) is 24.1. The molecule has 1 aliphatic heterocycles. The fraction of sp³-hybridized carbons (Fsp3) is 0.379. The number of piperazine rings is 1. The number of anilines is 2. The van der Waals surface area contributed by atoms with E-state index in [4.69, 9.17) is 9.97 Å². The minimum atomic E-state index is 0.116. The van der Waals surface area contributed by atoms with Crippen molar-refractivity contribution in [3.63, 3.8) is 0 Å². The highest BCUT2D eigenvalue weighted by molar-refractivity contribution is 5.94. The number of hydrogen-bond acceptors (Lipinski definition) is 6. The third kappa shape index (κ3) is 4.88. The maximum absolute atomic E-state index is 11.0. The van der Waals surface area contributed by atoms with E-state index in [0.29, 0.717) is 18.0 Å². The van der Waals surface area contributed by atoms with Crippen LogP contribution in [0.2, 0.25) is 0 Å². The van der Waals surface area contributed by atoms with Crippen LogP contribution in [-0.2, 0) is 0 Å². The van der Waals surface area contributed by atoms with Gasteiger partial charge in [0.1, 0.15) is 11.3 Å². The second kappa shape index (κ2) is 10.6. The van der Waals surface area contributed by atoms with Crippen molar-refractivity contribution in [1.29, 1.82) is 0 Å². The molecule has 0 radical (unpaired) electrons. The second-order valence-electron chi connectivity index (χ2n) is 9.76. The summed E-state index contributed by atoms with van der Waals surface area (Å²) in [5, 5.41) is 15.5. The Hall–Kier alpha value is -3.58. The Labute approximate surface area is 213 Å². The molecular weight excluding hydrogens is 448 g/mol. The first-order valence-corrected chi connectivity index (χ1v) is 13.0. The lowest BCUT2D eigenvalue weighted by molar-refractivity contribution is 0.270. The lowest BCUT2D eigenvalue weighted by atomic mass is 9.91. The number of aromatic hydroxyl groups is 1. The summed E-state index contributed by atoms with van der Waals surface area (Å²) >= 11 is 0. The summed E-state index contributed by atoms with van der Waals surface area (Å²) in [6.07, 6.45) is 1.97. The van der Waals surface area contributed by atoms with Crippen molar-refractivity contribution in [2.24, 2.45) is 0 Å². The molecule has 0 saturated carbocycles. The standard InChI is InChI=1S/C29H36N6O/c1-4-33-15-17-34(18-16-33)29-31-26-25(20-35(21(2)3)28(26)36)27(32-29)30-19-24(22-11-7-5-8-12-22)23-13-9-6-10-14-23/h5-14,20-21,24,36H,4,15-19H2,1-3H3,(H,30,31,32). The summed E-state index contributed by atoms with van der Waals surface area (Å²) < 4.78 is 1.87. The van der Waals surface area contributed by atoms with Crippen LogP contribution >= 0.6 is 0 Å². The zero-order chi connectivity index (χ0) is 25.1. The van der Waals surface area contributed by atoms with Crippen molar-refractivity contribution < 1.29 is 5.11 Å². The van der Waals surface area contributed by atoms with E-state index in [1.54, 1.807) is 0 Å². The molecule has 1 aliphatic rings. The quantitative estimate of drug-likeness (QED) is 0.363. The van der Waals surface area contributed by atoms with E-state index in [1.807, 2.05) is 10.8 Å². The largest absolute Gasteiger partial charge is 0.493 e. The Morgan fingerprint density at radius 3 is 2.06 bits per heavy atom. The number of fused-ring (bicyclic) bond motifs is 1. The Bertz CT molecular complexity index is 1240. The molecule has 36 heavy (non-hydrogen) atoms. The van der Waals surface area contributed by atoms with Crippen molar-refractivity contribution >= 4 is 22.7 Å². The Balaban J connectivity index is 1.51. The van der Waals surface area contributed by atoms with Gasteiger partial charge in [-0.1, -0.05) is 67.6 Å². The lowest BCUT2D eigenvalue weighted by Crippen LogP contribution is -2.46. The number of hydrogen-bond donors (Lipinski definition) is 2. The number of aromatic nitrogens is 3. The summed E-state index contributed by atoms with van der Waals surface area (Å²) in [4.78, 5) is 14.5. The molecule has 188 valence electrons. The molecule has 0 atom stereocenters. The molecular formula is C29H36N6O. The zero-order valence-electron chi connectivity index (χ0n) is 21.4. The number of benzene rings is 2. The van der Waals surface area contributed by atoms with E-state index in [1.165, 1.54) is 11.1 Å². The maximum atomic E-state index is 11.0. The van der Waals surface area contributed by atoms with Gasteiger partial charge in [-0.3, -0.25) is 0 Å². The van der Waals surface area contributed by atoms with Gasteiger partial charge in [-0.15, -0.1) is 0 Å². The van der Waals surface area contributed by atoms with E-state index >= 15 is 0 Å². The molecule has 0 bridgehead atoms. The highest BCUT2D eigenvalue weighted by Gasteiger charge is 2.23. The first-order valence-electron chi connectivity index (χ1n) is 13.0. The van der Waals surface area contributed by atoms with Gasteiger partial charge < -0.3 is 24.8 Å². The number of likely N-dealkylation sites (N-methyl/N-ethyl adjacent to an activating group) is 1. The average Bonchev–Trinajstić information content (AvgIpc) is 3.27. The molecule has 7 nitrogen and oxygen atoms in total. The van der Waals surface area contributed by atoms with Gasteiger partial charge in [0.2, 0.25) is 11.8 Å². The predicted octanol–water partition coefficient (Wildman–Crippen LogP) is 5.10. The highest BCUT2D eigenvalue weighted by atomic mass is 16.3. The number of rotatable bonds is 8. The Kier molecular flexibility index (Phi) is 7.09. The van der Waals surface area contributed by atoms with Gasteiger partial charge in [0.25, 0.3) is 0 Å². The molecule has 2 aromatic heterocycles. The van der Waals surface area contributed by atoms with Crippen LogP contribution in [0.5, 0.6) is 5.88 Å². The summed E-state index contributed by atoms with van der Waals surface area (Å²) in [5.74, 6) is 1.80. The highest BCUT2D eigenvalue weighted by Crippen LogP contribution is 2.35. The molecule has 1 fully saturated rings. The van der Waals surface area contributed by atoms with Gasteiger partial charge in [-0.25, -0.2) is 4.98 Å². The molecule has 3 heterocycles. The molecule has 7 heteroatoms. The average molecular weight is 485 g/mol. The molecule has 0 amide bonds. The number of nitrogens with zero attached hydrogens (tertiary/aromatic N) is 5. The van der Waals surface area contributed by atoms with Crippen molar-refractivity contribution in [2.45, 2.75) is 32.7 Å². The number of nitrogens with one attached hydrogen (secondary N) is 1. The van der Waals surface area contributed by atoms with Crippen LogP contribution in [0.15, 0.2) is 66.9 Å². The van der Waals surface area contributed by atoms with Crippen LogP contribution in [0.1, 0.15) is 43.9 Å². The fourth-order valence-corrected chi connectivity index (χ4v) is 5.00. The third-order valence-electron chi connectivity index (χ3n) is 7.19. The normalized spacial score (nSPS) is 14.8. The van der Waals surface area contributed by atoms with Crippen LogP contribution in [-0.4, -0.2) is 63.8 Å². The smallest absolute Gasteiger partial charge is 0.228 e. The third-order valence-corrected chi connectivity index (χ3v) is 7.19. The molecule has 0 unspecified atom stereocenters. The first-order chi connectivity index (χ1) is 17.5. The van der Waals surface area contributed by atoms with Crippen molar-refractivity contribution in [1.82, 2.24) is 19.4 Å².